The van der Waals surface area contributed by atoms with E-state index in [9.17, 15) is 0 Å². The second-order valence-electron chi connectivity index (χ2n) is 11.1. The van der Waals surface area contributed by atoms with Crippen LogP contribution in [0.15, 0.2) is 46.9 Å². The van der Waals surface area contributed by atoms with Crippen molar-refractivity contribution < 1.29 is 9.47 Å². The summed E-state index contributed by atoms with van der Waals surface area (Å²) in [5, 5.41) is 4.06. The highest BCUT2D eigenvalue weighted by atomic mass is 79.9. The minimum absolute atomic E-state index is 0.252. The second-order valence-corrected chi connectivity index (χ2v) is 11.9. The molecule has 31 heavy (non-hydrogen) atoms. The standard InChI is InChI=1S/C27H34BrNO2/c1-25-11-20-12-26(2,16-25)18-27(13-20,17-25)29-14-21-22(28)9-10-23(30-3)24(21)31-15-19-7-5-4-6-8-19/h4-10,20,29H,11-18H2,1-3H3. The molecule has 2 atom stereocenters. The van der Waals surface area contributed by atoms with Gasteiger partial charge in [0.1, 0.15) is 6.61 Å². The highest BCUT2D eigenvalue weighted by Crippen LogP contribution is 2.66. The molecule has 4 aliphatic rings. The lowest BCUT2D eigenvalue weighted by molar-refractivity contribution is -0.118. The number of nitrogens with one attached hydrogen (secondary N) is 1. The van der Waals surface area contributed by atoms with Gasteiger partial charge in [-0.05, 0) is 73.0 Å². The highest BCUT2D eigenvalue weighted by Gasteiger charge is 2.59. The molecule has 2 aromatic rings. The average Bonchev–Trinajstić information content (AvgIpc) is 2.69. The van der Waals surface area contributed by atoms with Crippen molar-refractivity contribution in [1.82, 2.24) is 5.32 Å². The second kappa shape index (κ2) is 7.81. The van der Waals surface area contributed by atoms with Crippen LogP contribution in [0.1, 0.15) is 63.5 Å². The molecular formula is C27H34BrNO2. The Labute approximate surface area is 195 Å². The van der Waals surface area contributed by atoms with Crippen molar-refractivity contribution in [1.29, 1.82) is 0 Å². The fraction of sp³-hybridized carbons (Fsp3) is 0.556. The predicted octanol–water partition coefficient (Wildman–Crippen LogP) is 6.88. The summed E-state index contributed by atoms with van der Waals surface area (Å²) in [6.07, 6.45) is 8.15. The van der Waals surface area contributed by atoms with Gasteiger partial charge in [-0.1, -0.05) is 60.1 Å². The molecule has 4 heteroatoms. The van der Waals surface area contributed by atoms with Gasteiger partial charge in [-0.3, -0.25) is 0 Å². The van der Waals surface area contributed by atoms with Crippen molar-refractivity contribution >= 4 is 15.9 Å². The molecule has 166 valence electrons. The third-order valence-corrected chi connectivity index (χ3v) is 8.62. The molecule has 1 N–H and O–H groups in total. The van der Waals surface area contributed by atoms with E-state index in [0.717, 1.165) is 39.6 Å². The zero-order chi connectivity index (χ0) is 21.7. The van der Waals surface area contributed by atoms with Crippen LogP contribution in [0.4, 0.5) is 0 Å². The lowest BCUT2D eigenvalue weighted by Crippen LogP contribution is -2.63. The Bertz CT molecular complexity index is 941. The summed E-state index contributed by atoms with van der Waals surface area (Å²) in [5.74, 6) is 2.51. The van der Waals surface area contributed by atoms with Crippen molar-refractivity contribution in [2.75, 3.05) is 7.11 Å². The Hall–Kier alpha value is -1.52. The Kier molecular flexibility index (Phi) is 5.37. The lowest BCUT2D eigenvalue weighted by atomic mass is 9.43. The van der Waals surface area contributed by atoms with Crippen LogP contribution in [0.2, 0.25) is 0 Å². The van der Waals surface area contributed by atoms with Gasteiger partial charge >= 0.3 is 0 Å². The number of rotatable bonds is 7. The number of hydrogen-bond acceptors (Lipinski definition) is 3. The van der Waals surface area contributed by atoms with Crippen LogP contribution in [-0.4, -0.2) is 12.6 Å². The third-order valence-electron chi connectivity index (χ3n) is 7.88. The van der Waals surface area contributed by atoms with Crippen LogP contribution in [0.5, 0.6) is 11.5 Å². The fourth-order valence-electron chi connectivity index (χ4n) is 7.72. The average molecular weight is 484 g/mol. The van der Waals surface area contributed by atoms with Gasteiger partial charge in [0.15, 0.2) is 11.5 Å². The summed E-state index contributed by atoms with van der Waals surface area (Å²) in [6, 6.07) is 14.4. The first-order valence-electron chi connectivity index (χ1n) is 11.6. The number of benzene rings is 2. The fourth-order valence-corrected chi connectivity index (χ4v) is 8.17. The molecule has 0 aliphatic heterocycles. The smallest absolute Gasteiger partial charge is 0.167 e. The Morgan fingerprint density at radius 1 is 0.968 bits per heavy atom. The molecule has 0 spiro atoms. The van der Waals surface area contributed by atoms with E-state index in [1.54, 1.807) is 7.11 Å². The molecule has 6 rings (SSSR count). The van der Waals surface area contributed by atoms with Crippen LogP contribution in [-0.2, 0) is 13.2 Å². The largest absolute Gasteiger partial charge is 0.493 e. The van der Waals surface area contributed by atoms with E-state index < -0.39 is 0 Å². The number of hydrogen-bond donors (Lipinski definition) is 1. The van der Waals surface area contributed by atoms with Gasteiger partial charge in [0.05, 0.1) is 7.11 Å². The molecule has 2 unspecified atom stereocenters. The molecule has 0 aromatic heterocycles. The van der Waals surface area contributed by atoms with Crippen LogP contribution in [0, 0.1) is 16.7 Å². The monoisotopic (exact) mass is 483 g/mol. The van der Waals surface area contributed by atoms with Gasteiger partial charge in [-0.25, -0.2) is 0 Å². The number of halogens is 1. The maximum Gasteiger partial charge on any atom is 0.167 e. The molecule has 0 radical (unpaired) electrons. The zero-order valence-electron chi connectivity index (χ0n) is 19.0. The van der Waals surface area contributed by atoms with Gasteiger partial charge in [-0.2, -0.15) is 0 Å². The lowest BCUT2D eigenvalue weighted by Gasteiger charge is -2.65. The van der Waals surface area contributed by atoms with Crippen LogP contribution < -0.4 is 14.8 Å². The van der Waals surface area contributed by atoms with E-state index in [-0.39, 0.29) is 5.54 Å². The molecule has 4 saturated carbocycles. The Balaban J connectivity index is 1.39. The molecule has 3 nitrogen and oxygen atoms in total. The van der Waals surface area contributed by atoms with Gasteiger partial charge < -0.3 is 14.8 Å². The summed E-state index contributed by atoms with van der Waals surface area (Å²) >= 11 is 3.79. The maximum atomic E-state index is 6.34. The number of ether oxygens (including phenoxy) is 2. The SMILES string of the molecule is COc1ccc(Br)c(CNC23CC4CC(C)(CC(C)(C4)C2)C3)c1OCc1ccccc1. The highest BCUT2D eigenvalue weighted by molar-refractivity contribution is 9.10. The van der Waals surface area contributed by atoms with Crippen LogP contribution in [0.25, 0.3) is 0 Å². The normalized spacial score (nSPS) is 33.5. The van der Waals surface area contributed by atoms with E-state index in [4.69, 9.17) is 9.47 Å². The first-order valence-corrected chi connectivity index (χ1v) is 12.4. The molecule has 0 heterocycles. The molecule has 4 fully saturated rings. The van der Waals surface area contributed by atoms with Gasteiger partial charge in [0.2, 0.25) is 0 Å². The summed E-state index contributed by atoms with van der Waals surface area (Å²) in [5.41, 5.74) is 3.56. The summed E-state index contributed by atoms with van der Waals surface area (Å²) in [6.45, 7) is 6.38. The first-order chi connectivity index (χ1) is 14.8. The zero-order valence-corrected chi connectivity index (χ0v) is 20.6. The van der Waals surface area contributed by atoms with Crippen molar-refractivity contribution in [2.24, 2.45) is 16.7 Å². The topological polar surface area (TPSA) is 30.5 Å². The summed E-state index contributed by atoms with van der Waals surface area (Å²) in [4.78, 5) is 0. The maximum absolute atomic E-state index is 6.34. The molecule has 2 aromatic carbocycles. The van der Waals surface area contributed by atoms with Crippen molar-refractivity contribution in [2.45, 2.75) is 71.1 Å². The molecule has 4 aliphatic carbocycles. The third kappa shape index (κ3) is 4.14. The van der Waals surface area contributed by atoms with E-state index in [0.29, 0.717) is 17.4 Å². The van der Waals surface area contributed by atoms with E-state index >= 15 is 0 Å². The summed E-state index contributed by atoms with van der Waals surface area (Å²) in [7, 11) is 1.72. The van der Waals surface area contributed by atoms with Gasteiger partial charge in [-0.15, -0.1) is 0 Å². The van der Waals surface area contributed by atoms with Crippen molar-refractivity contribution in [3.8, 4) is 11.5 Å². The molecular weight excluding hydrogens is 450 g/mol. The first kappa shape index (κ1) is 21.3. The number of methoxy groups -OCH3 is 1. The summed E-state index contributed by atoms with van der Waals surface area (Å²) < 4.78 is 13.1. The minimum Gasteiger partial charge on any atom is -0.493 e. The van der Waals surface area contributed by atoms with E-state index in [2.05, 4.69) is 53.3 Å². The van der Waals surface area contributed by atoms with Gasteiger partial charge in [0.25, 0.3) is 0 Å². The van der Waals surface area contributed by atoms with Crippen LogP contribution in [0.3, 0.4) is 0 Å². The molecule has 4 bridgehead atoms. The quantitative estimate of drug-likeness (QED) is 0.465. The van der Waals surface area contributed by atoms with E-state index in [1.165, 1.54) is 38.5 Å². The Morgan fingerprint density at radius 3 is 2.32 bits per heavy atom. The Morgan fingerprint density at radius 2 is 1.68 bits per heavy atom. The predicted molar refractivity (Wildman–Crippen MR) is 128 cm³/mol. The van der Waals surface area contributed by atoms with Crippen molar-refractivity contribution in [3.63, 3.8) is 0 Å². The van der Waals surface area contributed by atoms with Crippen molar-refractivity contribution in [3.05, 3.63) is 58.1 Å². The molecule has 0 saturated heterocycles. The van der Waals surface area contributed by atoms with Gasteiger partial charge in [0, 0.05) is 22.1 Å². The minimum atomic E-state index is 0.252. The van der Waals surface area contributed by atoms with Crippen LogP contribution >= 0.6 is 15.9 Å². The molecule has 0 amide bonds. The van der Waals surface area contributed by atoms with E-state index in [1.807, 2.05) is 24.3 Å².